The van der Waals surface area contributed by atoms with Crippen LogP contribution in [0.15, 0.2) is 48.5 Å². The molecule has 0 saturated heterocycles. The normalized spacial score (nSPS) is 18.8. The minimum Gasteiger partial charge on any atom is -0.452 e. The molecule has 0 saturated carbocycles. The van der Waals surface area contributed by atoms with E-state index < -0.39 is 0 Å². The maximum atomic E-state index is 11.8. The number of alkyl halides is 1. The lowest BCUT2D eigenvalue weighted by Gasteiger charge is -2.18. The van der Waals surface area contributed by atoms with E-state index in [1.54, 1.807) is 6.07 Å². The van der Waals surface area contributed by atoms with Crippen LogP contribution < -0.4 is 0 Å². The lowest BCUT2D eigenvalue weighted by atomic mass is 9.99. The van der Waals surface area contributed by atoms with Gasteiger partial charge in [0.2, 0.25) is 0 Å². The number of rotatable bonds is 2. The van der Waals surface area contributed by atoms with Gasteiger partial charge in [0.25, 0.3) is 0 Å². The minimum absolute atomic E-state index is 0.112. The van der Waals surface area contributed by atoms with Gasteiger partial charge in [-0.1, -0.05) is 57.9 Å². The quantitative estimate of drug-likeness (QED) is 0.587. The van der Waals surface area contributed by atoms with Crippen LogP contribution in [0.5, 0.6) is 0 Å². The van der Waals surface area contributed by atoms with Gasteiger partial charge < -0.3 is 4.74 Å². The van der Waals surface area contributed by atoms with Crippen molar-refractivity contribution in [1.82, 2.24) is 0 Å². The Balaban J connectivity index is 1.98. The van der Waals surface area contributed by atoms with E-state index in [2.05, 4.69) is 15.9 Å². The zero-order chi connectivity index (χ0) is 13.4. The largest absolute Gasteiger partial charge is 0.452 e. The smallest absolute Gasteiger partial charge is 0.339 e. The van der Waals surface area contributed by atoms with Crippen molar-refractivity contribution in [2.24, 2.45) is 0 Å². The van der Waals surface area contributed by atoms with Crippen LogP contribution in [0.4, 0.5) is 0 Å². The second-order valence-electron chi connectivity index (χ2n) is 4.37. The summed E-state index contributed by atoms with van der Waals surface area (Å²) in [6.07, 6.45) is -0.317. The monoisotopic (exact) mass is 336 g/mol. The third-order valence-electron chi connectivity index (χ3n) is 3.15. The predicted octanol–water partition coefficient (Wildman–Crippen LogP) is 4.69. The summed E-state index contributed by atoms with van der Waals surface area (Å²) in [6, 6.07) is 15.0. The number of halogens is 2. The highest BCUT2D eigenvalue weighted by molar-refractivity contribution is 9.09. The van der Waals surface area contributed by atoms with Gasteiger partial charge in [-0.05, 0) is 23.8 Å². The third-order valence-corrected chi connectivity index (χ3v) is 4.40. The molecule has 1 aliphatic heterocycles. The third kappa shape index (κ3) is 2.28. The van der Waals surface area contributed by atoms with E-state index >= 15 is 0 Å². The van der Waals surface area contributed by atoms with Crippen molar-refractivity contribution >= 4 is 33.5 Å². The molecule has 4 heteroatoms. The molecule has 0 spiro atoms. The molecule has 0 aromatic heterocycles. The van der Waals surface area contributed by atoms with Gasteiger partial charge in [0.15, 0.2) is 0 Å². The molecule has 0 amide bonds. The number of cyclic esters (lactones) is 1. The van der Waals surface area contributed by atoms with Crippen molar-refractivity contribution in [2.45, 2.75) is 10.9 Å². The van der Waals surface area contributed by atoms with Crippen LogP contribution in [-0.4, -0.2) is 5.97 Å². The second kappa shape index (κ2) is 4.99. The number of fused-ring (bicyclic) bond motifs is 1. The molecular weight excluding hydrogens is 328 g/mol. The second-order valence-corrected chi connectivity index (χ2v) is 5.79. The van der Waals surface area contributed by atoms with Crippen LogP contribution >= 0.6 is 27.5 Å². The standard InChI is InChI=1S/C15H10BrClO2/c16-13(9-4-3-5-10(17)8-9)14-11-6-1-2-7-12(11)15(18)19-14/h1-8,13-14H. The number of hydrogen-bond acceptors (Lipinski definition) is 2. The molecule has 1 heterocycles. The summed E-state index contributed by atoms with van der Waals surface area (Å²) in [7, 11) is 0. The van der Waals surface area contributed by atoms with Crippen LogP contribution in [0.2, 0.25) is 5.02 Å². The summed E-state index contributed by atoms with van der Waals surface area (Å²) in [5, 5.41) is 0.666. The number of benzene rings is 2. The molecule has 2 nitrogen and oxygen atoms in total. The van der Waals surface area contributed by atoms with Crippen molar-refractivity contribution in [1.29, 1.82) is 0 Å². The van der Waals surface area contributed by atoms with Gasteiger partial charge in [0.05, 0.1) is 10.4 Å². The van der Waals surface area contributed by atoms with Crippen molar-refractivity contribution in [3.8, 4) is 0 Å². The fraction of sp³-hybridized carbons (Fsp3) is 0.133. The van der Waals surface area contributed by atoms with E-state index in [-0.39, 0.29) is 16.9 Å². The van der Waals surface area contributed by atoms with Crippen LogP contribution in [0, 0.1) is 0 Å². The van der Waals surface area contributed by atoms with E-state index in [4.69, 9.17) is 16.3 Å². The molecule has 2 atom stereocenters. The van der Waals surface area contributed by atoms with E-state index in [1.807, 2.05) is 42.5 Å². The average molecular weight is 338 g/mol. The highest BCUT2D eigenvalue weighted by Gasteiger charge is 2.35. The first-order chi connectivity index (χ1) is 9.16. The molecule has 2 unspecified atom stereocenters. The molecular formula is C15H10BrClO2. The van der Waals surface area contributed by atoms with E-state index in [0.29, 0.717) is 10.6 Å². The first-order valence-electron chi connectivity index (χ1n) is 5.86. The fourth-order valence-corrected chi connectivity index (χ4v) is 3.12. The van der Waals surface area contributed by atoms with Crippen LogP contribution in [0.25, 0.3) is 0 Å². The number of esters is 1. The zero-order valence-electron chi connectivity index (χ0n) is 9.85. The Hall–Kier alpha value is -1.32. The van der Waals surface area contributed by atoms with E-state index in [1.165, 1.54) is 0 Å². The summed E-state index contributed by atoms with van der Waals surface area (Å²) in [5.74, 6) is -0.271. The topological polar surface area (TPSA) is 26.3 Å². The Kier molecular flexibility index (Phi) is 3.33. The Labute approximate surface area is 124 Å². The Morgan fingerprint density at radius 3 is 2.74 bits per heavy atom. The molecule has 96 valence electrons. The Bertz CT molecular complexity index is 642. The number of carbonyl (C=O) groups excluding carboxylic acids is 1. The highest BCUT2D eigenvalue weighted by atomic mass is 79.9. The van der Waals surface area contributed by atoms with Gasteiger partial charge in [-0.3, -0.25) is 0 Å². The van der Waals surface area contributed by atoms with Crippen molar-refractivity contribution in [3.63, 3.8) is 0 Å². The van der Waals surface area contributed by atoms with Gasteiger partial charge in [0, 0.05) is 10.6 Å². The predicted molar refractivity (Wildman–Crippen MR) is 77.7 cm³/mol. The molecule has 0 N–H and O–H groups in total. The molecule has 0 fully saturated rings. The first-order valence-corrected chi connectivity index (χ1v) is 7.15. The number of ether oxygens (including phenoxy) is 1. The van der Waals surface area contributed by atoms with E-state index in [9.17, 15) is 4.79 Å². The summed E-state index contributed by atoms with van der Waals surface area (Å²) >= 11 is 9.60. The van der Waals surface area contributed by atoms with Gasteiger partial charge in [-0.25, -0.2) is 4.79 Å². The Morgan fingerprint density at radius 2 is 1.95 bits per heavy atom. The molecule has 19 heavy (non-hydrogen) atoms. The van der Waals surface area contributed by atoms with Crippen LogP contribution in [0.3, 0.4) is 0 Å². The molecule has 2 aromatic carbocycles. The van der Waals surface area contributed by atoms with Crippen molar-refractivity contribution in [2.75, 3.05) is 0 Å². The van der Waals surface area contributed by atoms with Crippen molar-refractivity contribution in [3.05, 3.63) is 70.2 Å². The fourth-order valence-electron chi connectivity index (χ4n) is 2.24. The molecule has 1 aliphatic rings. The van der Waals surface area contributed by atoms with Crippen LogP contribution in [-0.2, 0) is 4.74 Å². The average Bonchev–Trinajstić information content (AvgIpc) is 2.76. The molecule has 2 aromatic rings. The first kappa shape index (κ1) is 12.7. The molecule has 0 aliphatic carbocycles. The summed E-state index contributed by atoms with van der Waals surface area (Å²) in [4.78, 5) is 11.7. The molecule has 3 rings (SSSR count). The lowest BCUT2D eigenvalue weighted by Crippen LogP contribution is -2.05. The maximum Gasteiger partial charge on any atom is 0.339 e. The summed E-state index contributed by atoms with van der Waals surface area (Å²) in [6.45, 7) is 0. The molecule has 0 radical (unpaired) electrons. The van der Waals surface area contributed by atoms with Gasteiger partial charge >= 0.3 is 5.97 Å². The minimum atomic E-state index is -0.317. The molecule has 0 bridgehead atoms. The van der Waals surface area contributed by atoms with Gasteiger partial charge in [-0.15, -0.1) is 0 Å². The van der Waals surface area contributed by atoms with Gasteiger partial charge in [0.1, 0.15) is 6.10 Å². The highest BCUT2D eigenvalue weighted by Crippen LogP contribution is 2.44. The zero-order valence-corrected chi connectivity index (χ0v) is 12.2. The number of carbonyl (C=O) groups is 1. The van der Waals surface area contributed by atoms with E-state index in [0.717, 1.165) is 11.1 Å². The van der Waals surface area contributed by atoms with Gasteiger partial charge in [-0.2, -0.15) is 0 Å². The SMILES string of the molecule is O=C1OC(C(Br)c2cccc(Cl)c2)c2ccccc21. The lowest BCUT2D eigenvalue weighted by molar-refractivity contribution is 0.0384. The Morgan fingerprint density at radius 1 is 1.16 bits per heavy atom. The summed E-state index contributed by atoms with van der Waals surface area (Å²) < 4.78 is 5.46. The maximum absolute atomic E-state index is 11.8. The summed E-state index contributed by atoms with van der Waals surface area (Å²) in [5.41, 5.74) is 2.54. The van der Waals surface area contributed by atoms with Crippen molar-refractivity contribution < 1.29 is 9.53 Å². The van der Waals surface area contributed by atoms with Crippen LogP contribution in [0.1, 0.15) is 32.4 Å². The number of hydrogen-bond donors (Lipinski definition) is 0.